The van der Waals surface area contributed by atoms with Gasteiger partial charge in [-0.3, -0.25) is 9.59 Å². The highest BCUT2D eigenvalue weighted by Gasteiger charge is 2.21. The van der Waals surface area contributed by atoms with E-state index >= 15 is 0 Å². The maximum atomic E-state index is 12.3. The number of carbonyl (C=O) groups excluding carboxylic acids is 2. The van der Waals surface area contributed by atoms with Crippen LogP contribution in [-0.4, -0.2) is 22.0 Å². The number of amides is 2. The number of rotatable bonds is 6. The molecule has 5 nitrogen and oxygen atoms in total. The molecular formula is C21H25N3O2S. The van der Waals surface area contributed by atoms with Crippen molar-refractivity contribution in [2.75, 3.05) is 10.6 Å². The van der Waals surface area contributed by atoms with Gasteiger partial charge >= 0.3 is 0 Å². The smallest absolute Gasteiger partial charge is 0.238 e. The minimum atomic E-state index is -0.255. The van der Waals surface area contributed by atoms with Crippen molar-refractivity contribution in [3.63, 3.8) is 0 Å². The Morgan fingerprint density at radius 3 is 2.44 bits per heavy atom. The second-order valence-electron chi connectivity index (χ2n) is 6.81. The molecule has 2 N–H and O–H groups in total. The lowest BCUT2D eigenvalue weighted by Gasteiger charge is -2.20. The van der Waals surface area contributed by atoms with Crippen LogP contribution in [0.25, 0.3) is 0 Å². The van der Waals surface area contributed by atoms with Crippen molar-refractivity contribution in [2.45, 2.75) is 49.2 Å². The molecule has 0 saturated heterocycles. The van der Waals surface area contributed by atoms with Crippen molar-refractivity contribution in [1.29, 1.82) is 0 Å². The third-order valence-corrected chi connectivity index (χ3v) is 5.81. The molecule has 142 valence electrons. The zero-order valence-corrected chi connectivity index (χ0v) is 16.3. The Balaban J connectivity index is 1.50. The lowest BCUT2D eigenvalue weighted by atomic mass is 9.88. The number of pyridine rings is 1. The van der Waals surface area contributed by atoms with E-state index in [9.17, 15) is 9.59 Å². The highest BCUT2D eigenvalue weighted by atomic mass is 32.2. The Bertz CT molecular complexity index is 759. The predicted molar refractivity (Wildman–Crippen MR) is 110 cm³/mol. The number of nitrogens with one attached hydrogen (secondary N) is 2. The summed E-state index contributed by atoms with van der Waals surface area (Å²) in [6, 6.07) is 13.1. The molecule has 1 saturated carbocycles. The summed E-state index contributed by atoms with van der Waals surface area (Å²) < 4.78 is 0. The van der Waals surface area contributed by atoms with Crippen molar-refractivity contribution in [2.24, 2.45) is 5.92 Å². The van der Waals surface area contributed by atoms with Gasteiger partial charge in [-0.1, -0.05) is 25.3 Å². The molecule has 0 bridgehead atoms. The SMILES string of the molecule is CC(Sc1ccc(NC(=O)C2CCCCC2)cc1)C(=O)Nc1ccccn1. The normalized spacial score (nSPS) is 15.7. The Morgan fingerprint density at radius 2 is 1.78 bits per heavy atom. The van der Waals surface area contributed by atoms with Gasteiger partial charge in [0.15, 0.2) is 0 Å². The number of hydrogen-bond donors (Lipinski definition) is 2. The summed E-state index contributed by atoms with van der Waals surface area (Å²) >= 11 is 1.47. The molecule has 1 atom stereocenters. The van der Waals surface area contributed by atoms with E-state index in [1.807, 2.05) is 43.3 Å². The maximum absolute atomic E-state index is 12.3. The van der Waals surface area contributed by atoms with Gasteiger partial charge in [-0.25, -0.2) is 4.98 Å². The summed E-state index contributed by atoms with van der Waals surface area (Å²) in [4.78, 5) is 29.7. The topological polar surface area (TPSA) is 71.1 Å². The van der Waals surface area contributed by atoms with Crippen LogP contribution in [0.1, 0.15) is 39.0 Å². The first-order valence-electron chi connectivity index (χ1n) is 9.41. The van der Waals surface area contributed by atoms with E-state index in [0.29, 0.717) is 5.82 Å². The molecule has 0 aliphatic heterocycles. The fourth-order valence-corrected chi connectivity index (χ4v) is 4.02. The molecule has 3 rings (SSSR count). The van der Waals surface area contributed by atoms with Gasteiger partial charge in [0.25, 0.3) is 0 Å². The molecule has 0 spiro atoms. The summed E-state index contributed by atoms with van der Waals surface area (Å²) in [5.41, 5.74) is 0.806. The quantitative estimate of drug-likeness (QED) is 0.708. The number of anilines is 2. The van der Waals surface area contributed by atoms with Gasteiger partial charge in [0.1, 0.15) is 5.82 Å². The number of carbonyl (C=O) groups is 2. The van der Waals surface area contributed by atoms with E-state index in [1.165, 1.54) is 18.2 Å². The van der Waals surface area contributed by atoms with Crippen LogP contribution in [0.5, 0.6) is 0 Å². The van der Waals surface area contributed by atoms with Crippen LogP contribution in [0.3, 0.4) is 0 Å². The lowest BCUT2D eigenvalue weighted by Crippen LogP contribution is -2.24. The Morgan fingerprint density at radius 1 is 1.04 bits per heavy atom. The largest absolute Gasteiger partial charge is 0.326 e. The fraction of sp³-hybridized carbons (Fsp3) is 0.381. The van der Waals surface area contributed by atoms with E-state index in [-0.39, 0.29) is 23.0 Å². The molecule has 6 heteroatoms. The van der Waals surface area contributed by atoms with Crippen LogP contribution in [0.4, 0.5) is 11.5 Å². The minimum Gasteiger partial charge on any atom is -0.326 e. The Kier molecular flexibility index (Phi) is 6.87. The zero-order valence-electron chi connectivity index (χ0n) is 15.5. The number of hydrogen-bond acceptors (Lipinski definition) is 4. The maximum Gasteiger partial charge on any atom is 0.238 e. The molecule has 1 fully saturated rings. The standard InChI is InChI=1S/C21H25N3O2S/c1-15(20(25)24-19-9-5-6-14-22-19)27-18-12-10-17(11-13-18)23-21(26)16-7-3-2-4-8-16/h5-6,9-16H,2-4,7-8H2,1H3,(H,23,26)(H,22,24,25). The average molecular weight is 384 g/mol. The van der Waals surface area contributed by atoms with Crippen molar-refractivity contribution >= 4 is 35.1 Å². The Labute approximate surface area is 164 Å². The van der Waals surface area contributed by atoms with Crippen LogP contribution in [0, 0.1) is 5.92 Å². The van der Waals surface area contributed by atoms with E-state index in [0.717, 1.165) is 36.3 Å². The molecule has 2 aromatic rings. The number of aromatic nitrogens is 1. The van der Waals surface area contributed by atoms with E-state index < -0.39 is 0 Å². The van der Waals surface area contributed by atoms with Gasteiger partial charge in [0, 0.05) is 22.7 Å². The zero-order chi connectivity index (χ0) is 19.1. The molecule has 1 aliphatic rings. The molecule has 1 aliphatic carbocycles. The molecule has 27 heavy (non-hydrogen) atoms. The van der Waals surface area contributed by atoms with Crippen LogP contribution in [0.15, 0.2) is 53.6 Å². The van der Waals surface area contributed by atoms with Gasteiger partial charge in [0.2, 0.25) is 11.8 Å². The summed E-state index contributed by atoms with van der Waals surface area (Å²) in [7, 11) is 0. The Hall–Kier alpha value is -2.34. The number of benzene rings is 1. The van der Waals surface area contributed by atoms with Crippen molar-refractivity contribution in [3.05, 3.63) is 48.7 Å². The fourth-order valence-electron chi connectivity index (χ4n) is 3.15. The minimum absolute atomic E-state index is 0.0895. The molecule has 1 aromatic heterocycles. The van der Waals surface area contributed by atoms with Crippen LogP contribution in [0.2, 0.25) is 0 Å². The van der Waals surface area contributed by atoms with Crippen molar-refractivity contribution < 1.29 is 9.59 Å². The summed E-state index contributed by atoms with van der Waals surface area (Å²) in [5, 5.41) is 5.56. The van der Waals surface area contributed by atoms with E-state index in [4.69, 9.17) is 0 Å². The summed E-state index contributed by atoms with van der Waals surface area (Å²) in [5.74, 6) is 0.727. The molecule has 1 aromatic carbocycles. The van der Waals surface area contributed by atoms with E-state index in [1.54, 1.807) is 12.3 Å². The molecule has 2 amide bonds. The molecular weight excluding hydrogens is 358 g/mol. The first kappa shape index (κ1) is 19.4. The van der Waals surface area contributed by atoms with Crippen LogP contribution >= 0.6 is 11.8 Å². The third kappa shape index (κ3) is 5.82. The van der Waals surface area contributed by atoms with Crippen LogP contribution in [-0.2, 0) is 9.59 Å². The lowest BCUT2D eigenvalue weighted by molar-refractivity contribution is -0.120. The monoisotopic (exact) mass is 383 g/mol. The first-order valence-corrected chi connectivity index (χ1v) is 10.3. The van der Waals surface area contributed by atoms with Gasteiger partial charge < -0.3 is 10.6 Å². The van der Waals surface area contributed by atoms with Crippen LogP contribution < -0.4 is 10.6 Å². The molecule has 0 radical (unpaired) electrons. The third-order valence-electron chi connectivity index (χ3n) is 4.70. The van der Waals surface area contributed by atoms with E-state index in [2.05, 4.69) is 15.6 Å². The van der Waals surface area contributed by atoms with Gasteiger partial charge in [-0.2, -0.15) is 0 Å². The number of thioether (sulfide) groups is 1. The summed E-state index contributed by atoms with van der Waals surface area (Å²) in [6.07, 6.45) is 7.15. The molecule has 1 heterocycles. The first-order chi connectivity index (χ1) is 13.1. The predicted octanol–water partition coefficient (Wildman–Crippen LogP) is 4.72. The van der Waals surface area contributed by atoms with Crippen molar-refractivity contribution in [1.82, 2.24) is 4.98 Å². The van der Waals surface area contributed by atoms with Gasteiger partial charge in [0.05, 0.1) is 5.25 Å². The van der Waals surface area contributed by atoms with Gasteiger partial charge in [-0.05, 0) is 56.2 Å². The average Bonchev–Trinajstić information content (AvgIpc) is 2.71. The van der Waals surface area contributed by atoms with Crippen molar-refractivity contribution in [3.8, 4) is 0 Å². The van der Waals surface area contributed by atoms with Gasteiger partial charge in [-0.15, -0.1) is 11.8 Å². The summed E-state index contributed by atoms with van der Waals surface area (Å²) in [6.45, 7) is 1.86. The molecule has 1 unspecified atom stereocenters. The highest BCUT2D eigenvalue weighted by molar-refractivity contribution is 8.00. The number of nitrogens with zero attached hydrogens (tertiary/aromatic N) is 1. The second-order valence-corrected chi connectivity index (χ2v) is 8.23. The second kappa shape index (κ2) is 9.55. The highest BCUT2D eigenvalue weighted by Crippen LogP contribution is 2.27.